The van der Waals surface area contributed by atoms with E-state index >= 15 is 0 Å². The molecule has 2 rings (SSSR count). The van der Waals surface area contributed by atoms with Crippen molar-refractivity contribution in [2.75, 3.05) is 12.4 Å². The van der Waals surface area contributed by atoms with Crippen LogP contribution in [0.5, 0.6) is 5.75 Å². The minimum absolute atomic E-state index is 0.122. The molecule has 22 heavy (non-hydrogen) atoms. The summed E-state index contributed by atoms with van der Waals surface area (Å²) in [7, 11) is 1.67. The molecule has 4 heteroatoms. The maximum Gasteiger partial charge on any atom is 0.171 e. The standard InChI is InChI=1S/C18H22N2OS/c1-12-5-10-17(13(2)11-12)20-18(22)19-14(3)15-6-8-16(21-4)9-7-15/h5-11,14H,1-4H3,(H2,19,20,22). The first-order valence-electron chi connectivity index (χ1n) is 7.28. The lowest BCUT2D eigenvalue weighted by Gasteiger charge is -2.18. The fourth-order valence-electron chi connectivity index (χ4n) is 2.28. The van der Waals surface area contributed by atoms with Crippen LogP contribution >= 0.6 is 12.2 Å². The number of hydrogen-bond donors (Lipinski definition) is 2. The summed E-state index contributed by atoms with van der Waals surface area (Å²) < 4.78 is 5.17. The molecule has 0 saturated carbocycles. The van der Waals surface area contributed by atoms with E-state index in [1.807, 2.05) is 24.3 Å². The Morgan fingerprint density at radius 1 is 1.09 bits per heavy atom. The van der Waals surface area contributed by atoms with E-state index in [1.54, 1.807) is 7.11 Å². The molecular weight excluding hydrogens is 292 g/mol. The Kier molecular flexibility index (Phi) is 5.39. The average Bonchev–Trinajstić information content (AvgIpc) is 2.50. The molecule has 2 aromatic carbocycles. The number of benzene rings is 2. The van der Waals surface area contributed by atoms with Gasteiger partial charge < -0.3 is 15.4 Å². The van der Waals surface area contributed by atoms with Crippen molar-refractivity contribution < 1.29 is 4.74 Å². The largest absolute Gasteiger partial charge is 0.497 e. The zero-order chi connectivity index (χ0) is 16.1. The Hall–Kier alpha value is -2.07. The maximum absolute atomic E-state index is 5.41. The van der Waals surface area contributed by atoms with Gasteiger partial charge >= 0.3 is 0 Å². The normalized spacial score (nSPS) is 11.6. The fraction of sp³-hybridized carbons (Fsp3) is 0.278. The van der Waals surface area contributed by atoms with E-state index in [1.165, 1.54) is 11.1 Å². The Morgan fingerprint density at radius 3 is 2.36 bits per heavy atom. The van der Waals surface area contributed by atoms with Crippen molar-refractivity contribution in [2.24, 2.45) is 0 Å². The number of anilines is 1. The second-order valence-corrected chi connectivity index (χ2v) is 5.82. The van der Waals surface area contributed by atoms with E-state index in [4.69, 9.17) is 17.0 Å². The SMILES string of the molecule is COc1ccc(C(C)NC(=S)Nc2ccc(C)cc2C)cc1. The lowest BCUT2D eigenvalue weighted by molar-refractivity contribution is 0.414. The third kappa shape index (κ3) is 4.21. The molecule has 116 valence electrons. The first-order valence-corrected chi connectivity index (χ1v) is 7.69. The van der Waals surface area contributed by atoms with Gasteiger partial charge in [-0.05, 0) is 62.3 Å². The van der Waals surface area contributed by atoms with Crippen LogP contribution in [0.1, 0.15) is 29.7 Å². The lowest BCUT2D eigenvalue weighted by atomic mass is 10.1. The monoisotopic (exact) mass is 314 g/mol. The highest BCUT2D eigenvalue weighted by atomic mass is 32.1. The number of nitrogens with one attached hydrogen (secondary N) is 2. The molecule has 0 spiro atoms. The summed E-state index contributed by atoms with van der Waals surface area (Å²) in [4.78, 5) is 0. The van der Waals surface area contributed by atoms with Crippen LogP contribution in [0.15, 0.2) is 42.5 Å². The molecule has 0 radical (unpaired) electrons. The van der Waals surface area contributed by atoms with E-state index in [9.17, 15) is 0 Å². The van der Waals surface area contributed by atoms with Crippen LogP contribution in [0, 0.1) is 13.8 Å². The zero-order valence-electron chi connectivity index (χ0n) is 13.4. The molecule has 0 aromatic heterocycles. The third-order valence-corrected chi connectivity index (χ3v) is 3.81. The summed E-state index contributed by atoms with van der Waals surface area (Å²) in [5.74, 6) is 0.854. The second kappa shape index (κ2) is 7.27. The molecule has 2 N–H and O–H groups in total. The lowest BCUT2D eigenvalue weighted by Crippen LogP contribution is -2.31. The highest BCUT2D eigenvalue weighted by molar-refractivity contribution is 7.80. The van der Waals surface area contributed by atoms with Gasteiger partial charge in [0.1, 0.15) is 5.75 Å². The highest BCUT2D eigenvalue weighted by Crippen LogP contribution is 2.19. The Balaban J connectivity index is 1.98. The van der Waals surface area contributed by atoms with Crippen LogP contribution in [0.4, 0.5) is 5.69 Å². The van der Waals surface area contributed by atoms with Crippen LogP contribution < -0.4 is 15.4 Å². The predicted octanol–water partition coefficient (Wildman–Crippen LogP) is 4.36. The molecule has 0 bridgehead atoms. The van der Waals surface area contributed by atoms with Crippen molar-refractivity contribution in [3.63, 3.8) is 0 Å². The van der Waals surface area contributed by atoms with Gasteiger partial charge in [-0.25, -0.2) is 0 Å². The first kappa shape index (κ1) is 16.3. The molecule has 1 unspecified atom stereocenters. The molecule has 0 saturated heterocycles. The summed E-state index contributed by atoms with van der Waals surface area (Å²) >= 11 is 5.41. The number of thiocarbonyl (C=S) groups is 1. The van der Waals surface area contributed by atoms with Gasteiger partial charge in [0.2, 0.25) is 0 Å². The summed E-state index contributed by atoms with van der Waals surface area (Å²) in [6.07, 6.45) is 0. The summed E-state index contributed by atoms with van der Waals surface area (Å²) in [6, 6.07) is 14.4. The molecule has 0 heterocycles. The molecular formula is C18H22N2OS. The Labute approximate surface area is 137 Å². The first-order chi connectivity index (χ1) is 10.5. The summed E-state index contributed by atoms with van der Waals surface area (Å²) in [5.41, 5.74) is 4.62. The fourth-order valence-corrected chi connectivity index (χ4v) is 2.57. The second-order valence-electron chi connectivity index (χ2n) is 5.41. The average molecular weight is 314 g/mol. The van der Waals surface area contributed by atoms with E-state index in [0.717, 1.165) is 17.0 Å². The van der Waals surface area contributed by atoms with Gasteiger partial charge in [-0.2, -0.15) is 0 Å². The van der Waals surface area contributed by atoms with Crippen molar-refractivity contribution in [1.29, 1.82) is 0 Å². The third-order valence-electron chi connectivity index (χ3n) is 3.59. The molecule has 2 aromatic rings. The minimum atomic E-state index is 0.122. The number of aryl methyl sites for hydroxylation is 2. The smallest absolute Gasteiger partial charge is 0.171 e. The van der Waals surface area contributed by atoms with Gasteiger partial charge in [0.25, 0.3) is 0 Å². The number of hydrogen-bond acceptors (Lipinski definition) is 2. The zero-order valence-corrected chi connectivity index (χ0v) is 14.3. The quantitative estimate of drug-likeness (QED) is 0.822. The van der Waals surface area contributed by atoms with Crippen molar-refractivity contribution >= 4 is 23.0 Å². The van der Waals surface area contributed by atoms with Crippen molar-refractivity contribution in [3.05, 3.63) is 59.2 Å². The van der Waals surface area contributed by atoms with Crippen molar-refractivity contribution in [1.82, 2.24) is 5.32 Å². The van der Waals surface area contributed by atoms with Crippen LogP contribution in [-0.4, -0.2) is 12.2 Å². The van der Waals surface area contributed by atoms with Gasteiger partial charge in [-0.1, -0.05) is 29.8 Å². The Morgan fingerprint density at radius 2 is 1.77 bits per heavy atom. The molecule has 0 fully saturated rings. The van der Waals surface area contributed by atoms with Crippen molar-refractivity contribution in [2.45, 2.75) is 26.8 Å². The van der Waals surface area contributed by atoms with Gasteiger partial charge in [-0.3, -0.25) is 0 Å². The molecule has 0 amide bonds. The number of rotatable bonds is 4. The number of ether oxygens (including phenoxy) is 1. The van der Waals surface area contributed by atoms with Crippen LogP contribution in [0.3, 0.4) is 0 Å². The number of methoxy groups -OCH3 is 1. The van der Waals surface area contributed by atoms with E-state index < -0.39 is 0 Å². The van der Waals surface area contributed by atoms with Gasteiger partial charge in [-0.15, -0.1) is 0 Å². The highest BCUT2D eigenvalue weighted by Gasteiger charge is 2.08. The molecule has 1 atom stereocenters. The Bertz CT molecular complexity index is 653. The van der Waals surface area contributed by atoms with Crippen LogP contribution in [-0.2, 0) is 0 Å². The van der Waals surface area contributed by atoms with E-state index in [2.05, 4.69) is 49.6 Å². The molecule has 0 aliphatic carbocycles. The van der Waals surface area contributed by atoms with Gasteiger partial charge in [0, 0.05) is 5.69 Å². The molecule has 3 nitrogen and oxygen atoms in total. The van der Waals surface area contributed by atoms with Gasteiger partial charge in [0.15, 0.2) is 5.11 Å². The maximum atomic E-state index is 5.41. The molecule has 0 aliphatic rings. The van der Waals surface area contributed by atoms with Crippen LogP contribution in [0.25, 0.3) is 0 Å². The molecule has 0 aliphatic heterocycles. The van der Waals surface area contributed by atoms with Gasteiger partial charge in [0.05, 0.1) is 13.2 Å². The van der Waals surface area contributed by atoms with Crippen molar-refractivity contribution in [3.8, 4) is 5.75 Å². The minimum Gasteiger partial charge on any atom is -0.497 e. The van der Waals surface area contributed by atoms with E-state index in [0.29, 0.717) is 5.11 Å². The summed E-state index contributed by atoms with van der Waals surface area (Å²) in [5, 5.41) is 7.18. The summed E-state index contributed by atoms with van der Waals surface area (Å²) in [6.45, 7) is 6.24. The predicted molar refractivity (Wildman–Crippen MR) is 96.7 cm³/mol. The topological polar surface area (TPSA) is 33.3 Å². The van der Waals surface area contributed by atoms with E-state index in [-0.39, 0.29) is 6.04 Å². The van der Waals surface area contributed by atoms with Crippen LogP contribution in [0.2, 0.25) is 0 Å².